The Bertz CT molecular complexity index is 597. The van der Waals surface area contributed by atoms with Crippen molar-refractivity contribution < 1.29 is 13.2 Å². The zero-order valence-corrected chi connectivity index (χ0v) is 12.6. The quantitative estimate of drug-likeness (QED) is 0.832. The second-order valence-corrected chi connectivity index (χ2v) is 6.82. The number of carbonyl (C=O) groups is 1. The van der Waals surface area contributed by atoms with Gasteiger partial charge in [0.2, 0.25) is 15.9 Å². The van der Waals surface area contributed by atoms with Crippen molar-refractivity contribution >= 4 is 33.2 Å². The van der Waals surface area contributed by atoms with Crippen molar-refractivity contribution in [3.63, 3.8) is 0 Å². The van der Waals surface area contributed by atoms with E-state index < -0.39 is 15.4 Å². The third kappa shape index (κ3) is 3.92. The first-order valence-corrected chi connectivity index (χ1v) is 7.67. The molecule has 0 saturated heterocycles. The average Bonchev–Trinajstić information content (AvgIpc) is 2.30. The summed E-state index contributed by atoms with van der Waals surface area (Å²) in [6.45, 7) is 5.17. The van der Waals surface area contributed by atoms with Gasteiger partial charge in [0.15, 0.2) is 0 Å². The van der Waals surface area contributed by atoms with Gasteiger partial charge in [-0.1, -0.05) is 6.07 Å². The van der Waals surface area contributed by atoms with Gasteiger partial charge in [0, 0.05) is 11.6 Å². The van der Waals surface area contributed by atoms with Crippen LogP contribution in [0.2, 0.25) is 0 Å². The number of alkyl halides is 1. The number of nitrogens with two attached hydrogens (primary N) is 1. The van der Waals surface area contributed by atoms with E-state index in [2.05, 4.69) is 5.32 Å². The molecule has 1 aromatic rings. The lowest BCUT2D eigenvalue weighted by molar-refractivity contribution is -0.122. The number of hydrogen-bond donors (Lipinski definition) is 2. The molecule has 0 atom stereocenters. The van der Waals surface area contributed by atoms with E-state index in [1.807, 2.05) is 0 Å². The van der Waals surface area contributed by atoms with Crippen LogP contribution in [0, 0.1) is 12.3 Å². The van der Waals surface area contributed by atoms with E-state index in [0.717, 1.165) is 5.56 Å². The molecule has 0 unspecified atom stereocenters. The molecule has 3 N–H and O–H groups in total. The lowest BCUT2D eigenvalue weighted by atomic mass is 9.95. The molecule has 0 spiro atoms. The van der Waals surface area contributed by atoms with E-state index in [0.29, 0.717) is 5.69 Å². The molecule has 1 aromatic carbocycles. The number of amides is 1. The predicted octanol–water partition coefficient (Wildman–Crippen LogP) is 1.85. The fraction of sp³-hybridized carbons (Fsp3) is 0.417. The topological polar surface area (TPSA) is 89.3 Å². The third-order valence-electron chi connectivity index (χ3n) is 2.73. The van der Waals surface area contributed by atoms with Gasteiger partial charge in [-0.3, -0.25) is 4.79 Å². The minimum atomic E-state index is -3.80. The number of primary sulfonamides is 1. The fourth-order valence-corrected chi connectivity index (χ4v) is 1.93. The van der Waals surface area contributed by atoms with Crippen molar-refractivity contribution in [2.45, 2.75) is 25.7 Å². The van der Waals surface area contributed by atoms with Crippen LogP contribution in [0.4, 0.5) is 5.69 Å². The Morgan fingerprint density at radius 1 is 1.42 bits per heavy atom. The highest BCUT2D eigenvalue weighted by Gasteiger charge is 2.27. The summed E-state index contributed by atoms with van der Waals surface area (Å²) < 4.78 is 22.6. The van der Waals surface area contributed by atoms with E-state index in [1.54, 1.807) is 26.8 Å². The van der Waals surface area contributed by atoms with Crippen molar-refractivity contribution in [3.05, 3.63) is 23.8 Å². The van der Waals surface area contributed by atoms with E-state index in [-0.39, 0.29) is 16.7 Å². The van der Waals surface area contributed by atoms with Gasteiger partial charge in [0.25, 0.3) is 0 Å². The van der Waals surface area contributed by atoms with Crippen LogP contribution in [-0.2, 0) is 14.8 Å². The van der Waals surface area contributed by atoms with E-state index in [9.17, 15) is 13.2 Å². The minimum Gasteiger partial charge on any atom is -0.325 e. The molecule has 0 aliphatic carbocycles. The molecule has 0 radical (unpaired) electrons. The summed E-state index contributed by atoms with van der Waals surface area (Å²) in [5, 5.41) is 7.73. The number of benzene rings is 1. The lowest BCUT2D eigenvalue weighted by Gasteiger charge is -2.21. The van der Waals surface area contributed by atoms with Crippen molar-refractivity contribution in [3.8, 4) is 0 Å². The maximum absolute atomic E-state index is 12.0. The van der Waals surface area contributed by atoms with Gasteiger partial charge in [-0.2, -0.15) is 0 Å². The molecule has 1 amide bonds. The number of aryl methyl sites for hydroxylation is 1. The molecule has 5 nitrogen and oxygen atoms in total. The lowest BCUT2D eigenvalue weighted by Crippen LogP contribution is -2.32. The smallest absolute Gasteiger partial charge is 0.238 e. The van der Waals surface area contributed by atoms with Crippen LogP contribution in [0.1, 0.15) is 19.4 Å². The number of nitrogens with one attached hydrogen (secondary N) is 1. The standard InChI is InChI=1S/C12H17ClN2O3S/c1-8-4-5-9(19(14,17)18)6-10(8)15-11(16)12(2,3)7-13/h4-6H,7H2,1-3H3,(H,15,16)(H2,14,17,18). The van der Waals surface area contributed by atoms with Crippen LogP contribution in [0.15, 0.2) is 23.1 Å². The second-order valence-electron chi connectivity index (χ2n) is 4.99. The van der Waals surface area contributed by atoms with Crippen molar-refractivity contribution in [2.75, 3.05) is 11.2 Å². The van der Waals surface area contributed by atoms with Gasteiger partial charge >= 0.3 is 0 Å². The maximum atomic E-state index is 12.0. The van der Waals surface area contributed by atoms with Crippen molar-refractivity contribution in [1.29, 1.82) is 0 Å². The molecule has 19 heavy (non-hydrogen) atoms. The number of anilines is 1. The van der Waals surface area contributed by atoms with Crippen LogP contribution in [-0.4, -0.2) is 20.2 Å². The number of halogens is 1. The zero-order valence-electron chi connectivity index (χ0n) is 11.0. The van der Waals surface area contributed by atoms with Crippen LogP contribution < -0.4 is 10.5 Å². The van der Waals surface area contributed by atoms with E-state index >= 15 is 0 Å². The molecular formula is C12H17ClN2O3S. The summed E-state index contributed by atoms with van der Waals surface area (Å²) in [5.74, 6) is -0.121. The molecule has 106 valence electrons. The van der Waals surface area contributed by atoms with E-state index in [4.69, 9.17) is 16.7 Å². The Labute approximate surface area is 118 Å². The highest BCUT2D eigenvalue weighted by atomic mass is 35.5. The molecule has 0 aromatic heterocycles. The Morgan fingerprint density at radius 3 is 2.47 bits per heavy atom. The molecule has 0 heterocycles. The summed E-state index contributed by atoms with van der Waals surface area (Å²) in [5.41, 5.74) is 0.409. The van der Waals surface area contributed by atoms with Gasteiger partial charge in [-0.05, 0) is 38.5 Å². The van der Waals surface area contributed by atoms with Gasteiger partial charge < -0.3 is 5.32 Å². The number of hydrogen-bond acceptors (Lipinski definition) is 3. The first-order chi connectivity index (χ1) is 8.58. The predicted molar refractivity (Wildman–Crippen MR) is 75.7 cm³/mol. The molecule has 0 bridgehead atoms. The van der Waals surface area contributed by atoms with Gasteiger partial charge in [0.05, 0.1) is 10.3 Å². The molecule has 7 heteroatoms. The summed E-state index contributed by atoms with van der Waals surface area (Å²) in [6.07, 6.45) is 0. The van der Waals surface area contributed by atoms with Crippen LogP contribution in [0.5, 0.6) is 0 Å². The fourth-order valence-electron chi connectivity index (χ4n) is 1.26. The zero-order chi connectivity index (χ0) is 14.8. The molecule has 0 aliphatic heterocycles. The summed E-state index contributed by atoms with van der Waals surface area (Å²) >= 11 is 5.72. The Hall–Kier alpha value is -1.11. The largest absolute Gasteiger partial charge is 0.325 e. The summed E-state index contributed by atoms with van der Waals surface area (Å²) in [7, 11) is -3.80. The minimum absolute atomic E-state index is 0.0444. The van der Waals surface area contributed by atoms with Crippen molar-refractivity contribution in [1.82, 2.24) is 0 Å². The summed E-state index contributed by atoms with van der Waals surface area (Å²) in [6, 6.07) is 4.32. The maximum Gasteiger partial charge on any atom is 0.238 e. The second kappa shape index (κ2) is 5.48. The van der Waals surface area contributed by atoms with E-state index in [1.165, 1.54) is 12.1 Å². The SMILES string of the molecule is Cc1ccc(S(N)(=O)=O)cc1NC(=O)C(C)(C)CCl. The number of rotatable bonds is 4. The highest BCUT2D eigenvalue weighted by molar-refractivity contribution is 7.89. The van der Waals surface area contributed by atoms with Crippen LogP contribution in [0.3, 0.4) is 0 Å². The monoisotopic (exact) mass is 304 g/mol. The molecule has 0 aliphatic rings. The normalized spacial score (nSPS) is 12.3. The van der Waals surface area contributed by atoms with Gasteiger partial charge in [-0.15, -0.1) is 11.6 Å². The first-order valence-electron chi connectivity index (χ1n) is 5.59. The number of carbonyl (C=O) groups excluding carboxylic acids is 1. The third-order valence-corrected chi connectivity index (χ3v) is 4.31. The Balaban J connectivity index is 3.12. The Morgan fingerprint density at radius 2 is 2.00 bits per heavy atom. The van der Waals surface area contributed by atoms with Gasteiger partial charge in [-0.25, -0.2) is 13.6 Å². The molecular weight excluding hydrogens is 288 g/mol. The first kappa shape index (κ1) is 15.9. The van der Waals surface area contributed by atoms with Crippen LogP contribution in [0.25, 0.3) is 0 Å². The van der Waals surface area contributed by atoms with Gasteiger partial charge in [0.1, 0.15) is 0 Å². The summed E-state index contributed by atoms with van der Waals surface area (Å²) in [4.78, 5) is 12.0. The van der Waals surface area contributed by atoms with Crippen molar-refractivity contribution in [2.24, 2.45) is 10.6 Å². The molecule has 1 rings (SSSR count). The Kier molecular flexibility index (Phi) is 4.60. The van der Waals surface area contributed by atoms with Crippen LogP contribution >= 0.6 is 11.6 Å². The highest BCUT2D eigenvalue weighted by Crippen LogP contribution is 2.24. The average molecular weight is 305 g/mol. The molecule has 0 saturated carbocycles. The molecule has 0 fully saturated rings. The number of sulfonamides is 1.